The number of hydrogen-bond acceptors (Lipinski definition) is 2. The molecule has 0 bridgehead atoms. The number of nitrogens with zero attached hydrogens (tertiary/aromatic N) is 2. The third kappa shape index (κ3) is 0.391. The van der Waals surface area contributed by atoms with Gasteiger partial charge in [0.05, 0.1) is 6.20 Å². The van der Waals surface area contributed by atoms with Gasteiger partial charge in [0.25, 0.3) is 0 Å². The zero-order chi connectivity index (χ0) is 5.40. The second kappa shape index (κ2) is 1.32. The van der Waals surface area contributed by atoms with Gasteiger partial charge in [-0.1, -0.05) is 0 Å². The van der Waals surface area contributed by atoms with Gasteiger partial charge >= 0.3 is 0 Å². The zero-order valence-electron chi connectivity index (χ0n) is 4.03. The summed E-state index contributed by atoms with van der Waals surface area (Å²) in [5.74, 6) is 0. The topological polar surface area (TPSA) is 17.3 Å². The first-order chi connectivity index (χ1) is 3.97. The van der Waals surface area contributed by atoms with Crippen molar-refractivity contribution >= 4 is 16.2 Å². The molecule has 0 amide bonds. The fourth-order valence-electron chi connectivity index (χ4n) is 0.614. The Balaban J connectivity index is 3.06. The molecule has 2 rings (SSSR count). The summed E-state index contributed by atoms with van der Waals surface area (Å²) >= 11 is 1.64. The molecule has 1 radical (unpaired) electrons. The van der Waals surface area contributed by atoms with Gasteiger partial charge in [-0.25, -0.2) is 4.52 Å². The van der Waals surface area contributed by atoms with Crippen molar-refractivity contribution in [2.75, 3.05) is 0 Å². The van der Waals surface area contributed by atoms with Crippen LogP contribution in [-0.4, -0.2) is 9.61 Å². The average Bonchev–Trinajstić information content (AvgIpc) is 2.15. The van der Waals surface area contributed by atoms with Crippen LogP contribution in [0.3, 0.4) is 0 Å². The van der Waals surface area contributed by atoms with Crippen molar-refractivity contribution in [3.05, 3.63) is 23.8 Å². The molecule has 2 aromatic heterocycles. The molecule has 0 aliphatic carbocycles. The summed E-state index contributed by atoms with van der Waals surface area (Å²) in [6, 6.07) is 1.96. The molecule has 0 N–H and O–H groups in total. The smallest absolute Gasteiger partial charge is 0.119 e. The molecular weight excluding hydrogens is 120 g/mol. The Morgan fingerprint density at radius 1 is 1.75 bits per heavy atom. The molecule has 3 heteroatoms. The summed E-state index contributed by atoms with van der Waals surface area (Å²) in [7, 11) is 0. The van der Waals surface area contributed by atoms with Crippen LogP contribution in [0.5, 0.6) is 0 Å². The van der Waals surface area contributed by atoms with Gasteiger partial charge in [0, 0.05) is 5.38 Å². The van der Waals surface area contributed by atoms with Crippen LogP contribution in [0.2, 0.25) is 0 Å². The van der Waals surface area contributed by atoms with Gasteiger partial charge in [-0.15, -0.1) is 11.3 Å². The lowest BCUT2D eigenvalue weighted by molar-refractivity contribution is 0.970. The quantitative estimate of drug-likeness (QED) is 0.514. The average molecular weight is 123 g/mol. The van der Waals surface area contributed by atoms with E-state index in [4.69, 9.17) is 0 Å². The van der Waals surface area contributed by atoms with E-state index in [1.807, 2.05) is 11.4 Å². The molecule has 0 aliphatic heterocycles. The number of fused-ring (bicyclic) bond motifs is 1. The molecule has 0 atom stereocenters. The molecule has 0 aliphatic rings. The lowest BCUT2D eigenvalue weighted by Gasteiger charge is -1.70. The largest absolute Gasteiger partial charge is 0.221 e. The minimum absolute atomic E-state index is 1.14. The summed E-state index contributed by atoms with van der Waals surface area (Å²) in [5.41, 5.74) is 0. The van der Waals surface area contributed by atoms with Gasteiger partial charge in [-0.05, 0) is 6.07 Å². The van der Waals surface area contributed by atoms with E-state index in [1.165, 1.54) is 0 Å². The third-order valence-corrected chi connectivity index (χ3v) is 1.74. The fourth-order valence-corrected chi connectivity index (χ4v) is 1.23. The van der Waals surface area contributed by atoms with Crippen LogP contribution in [0, 0.1) is 6.20 Å². The molecule has 0 spiro atoms. The summed E-state index contributed by atoms with van der Waals surface area (Å²) in [6.45, 7) is 0. The molecule has 0 saturated carbocycles. The number of rotatable bonds is 0. The van der Waals surface area contributed by atoms with Crippen molar-refractivity contribution in [1.82, 2.24) is 9.61 Å². The minimum Gasteiger partial charge on any atom is -0.221 e. The maximum absolute atomic E-state index is 3.95. The SMILES string of the molecule is [c]1csc2ccnn12. The minimum atomic E-state index is 1.14. The Bertz CT molecular complexity index is 232. The first-order valence-electron chi connectivity index (χ1n) is 2.26. The lowest BCUT2D eigenvalue weighted by atomic mass is 10.8. The lowest BCUT2D eigenvalue weighted by Crippen LogP contribution is -1.74. The first-order valence-corrected chi connectivity index (χ1v) is 3.14. The van der Waals surface area contributed by atoms with Gasteiger partial charge in [0.2, 0.25) is 0 Å². The maximum Gasteiger partial charge on any atom is 0.119 e. The van der Waals surface area contributed by atoms with E-state index in [0.29, 0.717) is 0 Å². The Morgan fingerprint density at radius 2 is 2.75 bits per heavy atom. The summed E-state index contributed by atoms with van der Waals surface area (Å²) in [5, 5.41) is 5.84. The monoisotopic (exact) mass is 123 g/mol. The van der Waals surface area contributed by atoms with E-state index >= 15 is 0 Å². The van der Waals surface area contributed by atoms with Crippen LogP contribution in [0.1, 0.15) is 0 Å². The Morgan fingerprint density at radius 3 is 3.62 bits per heavy atom. The summed E-state index contributed by atoms with van der Waals surface area (Å²) in [6.07, 6.45) is 4.69. The molecule has 0 saturated heterocycles. The van der Waals surface area contributed by atoms with Crippen LogP contribution in [-0.2, 0) is 0 Å². The third-order valence-electron chi connectivity index (χ3n) is 0.963. The molecular formula is C5H3N2S. The van der Waals surface area contributed by atoms with Crippen LogP contribution in [0.4, 0.5) is 0 Å². The van der Waals surface area contributed by atoms with Gasteiger partial charge in [0.1, 0.15) is 11.0 Å². The highest BCUT2D eigenvalue weighted by Gasteiger charge is 1.89. The highest BCUT2D eigenvalue weighted by molar-refractivity contribution is 7.15. The Kier molecular flexibility index (Phi) is 0.676. The summed E-state index contributed by atoms with van der Waals surface area (Å²) in [4.78, 5) is 1.14. The molecule has 0 fully saturated rings. The number of aromatic nitrogens is 2. The van der Waals surface area contributed by atoms with Crippen molar-refractivity contribution in [2.45, 2.75) is 0 Å². The summed E-state index contributed by atoms with van der Waals surface area (Å²) < 4.78 is 1.73. The number of hydrogen-bond donors (Lipinski definition) is 0. The second-order valence-electron chi connectivity index (χ2n) is 1.45. The predicted octanol–water partition coefficient (Wildman–Crippen LogP) is 1.20. The van der Waals surface area contributed by atoms with E-state index in [-0.39, 0.29) is 0 Å². The van der Waals surface area contributed by atoms with Crippen molar-refractivity contribution < 1.29 is 0 Å². The van der Waals surface area contributed by atoms with Gasteiger partial charge in [-0.2, -0.15) is 5.10 Å². The first kappa shape index (κ1) is 4.09. The van der Waals surface area contributed by atoms with Gasteiger partial charge < -0.3 is 0 Å². The van der Waals surface area contributed by atoms with Crippen LogP contribution in [0.25, 0.3) is 4.83 Å². The number of thiazole rings is 1. The van der Waals surface area contributed by atoms with Gasteiger partial charge in [0.15, 0.2) is 0 Å². The van der Waals surface area contributed by atoms with E-state index in [9.17, 15) is 0 Å². The molecule has 2 aromatic rings. The molecule has 0 aromatic carbocycles. The Hall–Kier alpha value is -0.830. The fraction of sp³-hybridized carbons (Fsp3) is 0. The molecule has 0 unspecified atom stereocenters. The highest BCUT2D eigenvalue weighted by atomic mass is 32.1. The normalized spacial score (nSPS) is 10.5. The maximum atomic E-state index is 3.95. The second-order valence-corrected chi connectivity index (χ2v) is 2.34. The standard InChI is InChI=1S/C5H3N2S/c1-2-6-7-3-4-8-5(1)7/h1-2,4H. The zero-order valence-corrected chi connectivity index (χ0v) is 4.85. The predicted molar refractivity (Wildman–Crippen MR) is 31.9 cm³/mol. The van der Waals surface area contributed by atoms with Crippen molar-refractivity contribution in [1.29, 1.82) is 0 Å². The van der Waals surface area contributed by atoms with E-state index in [0.717, 1.165) is 4.83 Å². The van der Waals surface area contributed by atoms with Crippen molar-refractivity contribution in [3.8, 4) is 0 Å². The van der Waals surface area contributed by atoms with Crippen LogP contribution in [0.15, 0.2) is 17.6 Å². The van der Waals surface area contributed by atoms with Crippen molar-refractivity contribution in [3.63, 3.8) is 0 Å². The highest BCUT2D eigenvalue weighted by Crippen LogP contribution is 2.07. The van der Waals surface area contributed by atoms with Crippen LogP contribution < -0.4 is 0 Å². The van der Waals surface area contributed by atoms with Crippen molar-refractivity contribution in [2.24, 2.45) is 0 Å². The molecule has 2 heterocycles. The Labute approximate surface area is 50.4 Å². The van der Waals surface area contributed by atoms with E-state index < -0.39 is 0 Å². The molecule has 8 heavy (non-hydrogen) atoms. The van der Waals surface area contributed by atoms with Crippen LogP contribution >= 0.6 is 11.3 Å². The van der Waals surface area contributed by atoms with E-state index in [2.05, 4.69) is 11.3 Å². The van der Waals surface area contributed by atoms with Gasteiger partial charge in [-0.3, -0.25) is 0 Å². The van der Waals surface area contributed by atoms with E-state index in [1.54, 1.807) is 22.0 Å². The molecule has 39 valence electrons. The molecule has 2 nitrogen and oxygen atoms in total.